The van der Waals surface area contributed by atoms with Gasteiger partial charge in [-0.05, 0) is 51.5 Å². The van der Waals surface area contributed by atoms with E-state index in [-0.39, 0.29) is 16.9 Å². The molecule has 2 aliphatic rings. The summed E-state index contributed by atoms with van der Waals surface area (Å²) in [5.74, 6) is 0.00651. The second kappa shape index (κ2) is 5.91. The highest BCUT2D eigenvalue weighted by molar-refractivity contribution is 5.88. The number of rotatable bonds is 5. The Kier molecular flexibility index (Phi) is 4.23. The van der Waals surface area contributed by atoms with Crippen molar-refractivity contribution in [2.75, 3.05) is 13.2 Å². The van der Waals surface area contributed by atoms with E-state index >= 15 is 0 Å². The number of nitrogens with one attached hydrogen (secondary N) is 1. The maximum absolute atomic E-state index is 12.1. The summed E-state index contributed by atoms with van der Waals surface area (Å²) in [7, 11) is 0. The van der Waals surface area contributed by atoms with E-state index < -0.39 is 5.54 Å². The average molecular weight is 316 g/mol. The molecule has 126 valence electrons. The lowest BCUT2D eigenvalue weighted by Gasteiger charge is -2.45. The van der Waals surface area contributed by atoms with Crippen LogP contribution in [0.3, 0.4) is 0 Å². The third-order valence-corrected chi connectivity index (χ3v) is 5.35. The zero-order chi connectivity index (χ0) is 16.6. The van der Waals surface area contributed by atoms with E-state index in [9.17, 15) is 4.79 Å². The van der Waals surface area contributed by atoms with Gasteiger partial charge in [0, 0.05) is 18.6 Å². The molecule has 1 heterocycles. The molecule has 0 radical (unpaired) electrons. The molecule has 3 N–H and O–H groups in total. The third-order valence-electron chi connectivity index (χ3n) is 5.35. The Balaban J connectivity index is 1.72. The van der Waals surface area contributed by atoms with Crippen molar-refractivity contribution in [3.63, 3.8) is 0 Å². The van der Waals surface area contributed by atoms with Gasteiger partial charge >= 0.3 is 0 Å². The molecular weight excluding hydrogens is 288 g/mol. The van der Waals surface area contributed by atoms with Crippen molar-refractivity contribution < 1.29 is 9.53 Å². The Morgan fingerprint density at radius 2 is 1.91 bits per heavy atom. The third kappa shape index (κ3) is 3.59. The minimum absolute atomic E-state index is 0.00651. The predicted molar refractivity (Wildman–Crippen MR) is 91.2 cm³/mol. The van der Waals surface area contributed by atoms with Crippen LogP contribution in [0.1, 0.15) is 51.5 Å². The minimum atomic E-state index is -0.588. The van der Waals surface area contributed by atoms with Crippen LogP contribution in [0.15, 0.2) is 30.3 Å². The molecule has 4 nitrogen and oxygen atoms in total. The normalized spacial score (nSPS) is 28.1. The monoisotopic (exact) mass is 316 g/mol. The van der Waals surface area contributed by atoms with Crippen molar-refractivity contribution in [2.45, 2.75) is 62.5 Å². The Morgan fingerprint density at radius 3 is 2.52 bits per heavy atom. The average Bonchev–Trinajstić information content (AvgIpc) is 3.26. The molecule has 1 aliphatic carbocycles. The van der Waals surface area contributed by atoms with Gasteiger partial charge < -0.3 is 15.8 Å². The van der Waals surface area contributed by atoms with Gasteiger partial charge in [0.15, 0.2) is 0 Å². The SMILES string of the molecule is CC1(C)CC(CCNC(=O)C2(N)CC2)(c2ccccc2)CCO1. The molecule has 2 fully saturated rings. The van der Waals surface area contributed by atoms with E-state index in [1.54, 1.807) is 0 Å². The van der Waals surface area contributed by atoms with Crippen LogP contribution >= 0.6 is 0 Å². The molecule has 1 saturated carbocycles. The van der Waals surface area contributed by atoms with Crippen LogP contribution in [0.5, 0.6) is 0 Å². The van der Waals surface area contributed by atoms with E-state index in [1.165, 1.54) is 5.56 Å². The highest BCUT2D eigenvalue weighted by atomic mass is 16.5. The zero-order valence-corrected chi connectivity index (χ0v) is 14.2. The summed E-state index contributed by atoms with van der Waals surface area (Å²) in [5, 5.41) is 3.05. The molecule has 0 aromatic heterocycles. The lowest BCUT2D eigenvalue weighted by atomic mass is 9.67. The number of carbonyl (C=O) groups is 1. The lowest BCUT2D eigenvalue weighted by Crippen LogP contribution is -2.47. The summed E-state index contributed by atoms with van der Waals surface area (Å²) in [6.45, 7) is 5.74. The lowest BCUT2D eigenvalue weighted by molar-refractivity contribution is -0.123. The van der Waals surface area contributed by atoms with Crippen molar-refractivity contribution in [3.8, 4) is 0 Å². The maximum Gasteiger partial charge on any atom is 0.240 e. The summed E-state index contributed by atoms with van der Waals surface area (Å²) in [6.07, 6.45) is 4.50. The number of hydrogen-bond acceptors (Lipinski definition) is 3. The van der Waals surface area contributed by atoms with E-state index in [0.717, 1.165) is 38.7 Å². The molecule has 23 heavy (non-hydrogen) atoms. The zero-order valence-electron chi connectivity index (χ0n) is 14.2. The fourth-order valence-electron chi connectivity index (χ4n) is 3.83. The van der Waals surface area contributed by atoms with Gasteiger partial charge in [-0.3, -0.25) is 4.79 Å². The predicted octanol–water partition coefficient (Wildman–Crippen LogP) is 2.51. The standard InChI is InChI=1S/C19H28N2O2/c1-17(2)14-18(11-13-23-17,15-6-4-3-5-7-15)10-12-21-16(22)19(20)8-9-19/h3-7H,8-14,20H2,1-2H3,(H,21,22). The Bertz CT molecular complexity index is 566. The van der Waals surface area contributed by atoms with Crippen molar-refractivity contribution in [3.05, 3.63) is 35.9 Å². The largest absolute Gasteiger partial charge is 0.376 e. The second-order valence-corrected chi connectivity index (χ2v) is 7.84. The molecule has 0 bridgehead atoms. The molecule has 1 aromatic rings. The van der Waals surface area contributed by atoms with Crippen molar-refractivity contribution in [1.82, 2.24) is 5.32 Å². The van der Waals surface area contributed by atoms with Crippen LogP contribution < -0.4 is 11.1 Å². The number of amides is 1. The molecule has 1 aromatic carbocycles. The summed E-state index contributed by atoms with van der Waals surface area (Å²) in [5.41, 5.74) is 6.64. The van der Waals surface area contributed by atoms with Crippen molar-refractivity contribution >= 4 is 5.91 Å². The number of carbonyl (C=O) groups excluding carboxylic acids is 1. The van der Waals surface area contributed by atoms with Gasteiger partial charge in [-0.25, -0.2) is 0 Å². The topological polar surface area (TPSA) is 64.4 Å². The maximum atomic E-state index is 12.1. The van der Waals surface area contributed by atoms with Gasteiger partial charge in [0.05, 0.1) is 11.1 Å². The minimum Gasteiger partial charge on any atom is -0.376 e. The summed E-state index contributed by atoms with van der Waals surface area (Å²) in [4.78, 5) is 12.1. The first kappa shape index (κ1) is 16.5. The van der Waals surface area contributed by atoms with Gasteiger partial charge in [0.25, 0.3) is 0 Å². The molecule has 1 unspecified atom stereocenters. The fraction of sp³-hybridized carbons (Fsp3) is 0.632. The molecule has 1 saturated heterocycles. The summed E-state index contributed by atoms with van der Waals surface area (Å²) in [6, 6.07) is 10.6. The second-order valence-electron chi connectivity index (χ2n) is 7.84. The van der Waals surface area contributed by atoms with E-state index in [2.05, 4.69) is 49.5 Å². The molecule has 3 rings (SSSR count). The van der Waals surface area contributed by atoms with Crippen molar-refractivity contribution in [1.29, 1.82) is 0 Å². The molecular formula is C19H28N2O2. The Labute approximate surface area is 138 Å². The van der Waals surface area contributed by atoms with Gasteiger partial charge in [-0.15, -0.1) is 0 Å². The highest BCUT2D eigenvalue weighted by Crippen LogP contribution is 2.43. The van der Waals surface area contributed by atoms with Gasteiger partial charge in [0.2, 0.25) is 5.91 Å². The van der Waals surface area contributed by atoms with Crippen molar-refractivity contribution in [2.24, 2.45) is 5.73 Å². The molecule has 1 atom stereocenters. The molecule has 4 heteroatoms. The van der Waals surface area contributed by atoms with Crippen LogP contribution in [0.2, 0.25) is 0 Å². The van der Waals surface area contributed by atoms with Gasteiger partial charge in [-0.1, -0.05) is 30.3 Å². The van der Waals surface area contributed by atoms with E-state index in [4.69, 9.17) is 10.5 Å². The fourth-order valence-corrected chi connectivity index (χ4v) is 3.83. The molecule has 1 aliphatic heterocycles. The summed E-state index contributed by atoms with van der Waals surface area (Å²) >= 11 is 0. The quantitative estimate of drug-likeness (QED) is 0.877. The van der Waals surface area contributed by atoms with E-state index in [0.29, 0.717) is 6.54 Å². The van der Waals surface area contributed by atoms with Crippen LogP contribution in [0, 0.1) is 0 Å². The Hall–Kier alpha value is -1.39. The van der Waals surface area contributed by atoms with Crippen LogP contribution in [-0.4, -0.2) is 30.2 Å². The summed E-state index contributed by atoms with van der Waals surface area (Å²) < 4.78 is 5.93. The van der Waals surface area contributed by atoms with E-state index in [1.807, 2.05) is 0 Å². The molecule has 0 spiro atoms. The van der Waals surface area contributed by atoms with Gasteiger partial charge in [0.1, 0.15) is 0 Å². The number of nitrogens with two attached hydrogens (primary N) is 1. The van der Waals surface area contributed by atoms with Crippen LogP contribution in [-0.2, 0) is 14.9 Å². The smallest absolute Gasteiger partial charge is 0.240 e. The first-order valence-electron chi connectivity index (χ1n) is 8.62. The number of benzene rings is 1. The van der Waals surface area contributed by atoms with Crippen LogP contribution in [0.25, 0.3) is 0 Å². The highest BCUT2D eigenvalue weighted by Gasteiger charge is 2.46. The number of ether oxygens (including phenoxy) is 1. The number of hydrogen-bond donors (Lipinski definition) is 2. The van der Waals surface area contributed by atoms with Crippen LogP contribution in [0.4, 0.5) is 0 Å². The Morgan fingerprint density at radius 1 is 1.22 bits per heavy atom. The molecule has 1 amide bonds. The first-order chi connectivity index (χ1) is 10.9. The first-order valence-corrected chi connectivity index (χ1v) is 8.62. The van der Waals surface area contributed by atoms with Gasteiger partial charge in [-0.2, -0.15) is 0 Å².